The van der Waals surface area contributed by atoms with E-state index in [0.29, 0.717) is 6.42 Å². The van der Waals surface area contributed by atoms with Crippen molar-refractivity contribution in [3.8, 4) is 0 Å². The number of aryl methyl sites for hydroxylation is 2. The van der Waals surface area contributed by atoms with Gasteiger partial charge in [0.2, 0.25) is 10.0 Å². The van der Waals surface area contributed by atoms with Crippen molar-refractivity contribution in [1.29, 1.82) is 0 Å². The summed E-state index contributed by atoms with van der Waals surface area (Å²) in [6, 6.07) is 4.94. The van der Waals surface area contributed by atoms with Crippen LogP contribution in [0.2, 0.25) is 0 Å². The number of carbonyl (C=O) groups excluding carboxylic acids is 1. The van der Waals surface area contributed by atoms with Crippen molar-refractivity contribution < 1.29 is 17.9 Å². The number of benzene rings is 1. The Morgan fingerprint density at radius 2 is 1.96 bits per heavy atom. The highest BCUT2D eigenvalue weighted by molar-refractivity contribution is 7.89. The zero-order valence-corrected chi connectivity index (χ0v) is 16.8. The van der Waals surface area contributed by atoms with E-state index in [9.17, 15) is 13.2 Å². The Morgan fingerprint density at radius 3 is 2.59 bits per heavy atom. The third kappa shape index (κ3) is 4.22. The summed E-state index contributed by atoms with van der Waals surface area (Å²) in [7, 11) is -3.65. The second-order valence-corrected chi connectivity index (χ2v) is 8.80. The van der Waals surface area contributed by atoms with E-state index < -0.39 is 16.3 Å². The Bertz CT molecular complexity index is 945. The van der Waals surface area contributed by atoms with Gasteiger partial charge in [0.1, 0.15) is 0 Å². The standard InChI is InChI=1S/C19H25N3O4S/c1-12-8-13(2)10-16(9-12)27(24,25)21-18-6-5-7-19-17(18)11-20-22(19)14(3)26-15(4)23/h8-11,14,18,21H,5-7H2,1-4H3. The lowest BCUT2D eigenvalue weighted by molar-refractivity contribution is -0.150. The van der Waals surface area contributed by atoms with Crippen LogP contribution in [0.4, 0.5) is 0 Å². The van der Waals surface area contributed by atoms with E-state index in [1.807, 2.05) is 19.9 Å². The molecule has 1 aromatic carbocycles. The van der Waals surface area contributed by atoms with Gasteiger partial charge in [-0.2, -0.15) is 5.10 Å². The number of sulfonamides is 1. The van der Waals surface area contributed by atoms with Crippen molar-refractivity contribution in [2.24, 2.45) is 0 Å². The lowest BCUT2D eigenvalue weighted by atomic mass is 9.94. The number of fused-ring (bicyclic) bond motifs is 1. The van der Waals surface area contributed by atoms with Crippen LogP contribution in [0.3, 0.4) is 0 Å². The Kier molecular flexibility index (Phi) is 5.39. The molecule has 1 heterocycles. The van der Waals surface area contributed by atoms with Gasteiger partial charge in [-0.15, -0.1) is 0 Å². The molecule has 0 amide bonds. The first kappa shape index (κ1) is 19.6. The molecule has 3 rings (SSSR count). The van der Waals surface area contributed by atoms with Gasteiger partial charge in [0.05, 0.1) is 17.1 Å². The van der Waals surface area contributed by atoms with E-state index in [1.165, 1.54) is 6.92 Å². The lowest BCUT2D eigenvalue weighted by Gasteiger charge is -2.25. The topological polar surface area (TPSA) is 90.3 Å². The largest absolute Gasteiger partial charge is 0.440 e. The molecule has 0 radical (unpaired) electrons. The molecule has 0 aliphatic heterocycles. The summed E-state index contributed by atoms with van der Waals surface area (Å²) < 4.78 is 35.5. The van der Waals surface area contributed by atoms with Crippen LogP contribution in [-0.4, -0.2) is 24.2 Å². The van der Waals surface area contributed by atoms with Crippen LogP contribution in [0, 0.1) is 13.8 Å². The van der Waals surface area contributed by atoms with Gasteiger partial charge in [-0.3, -0.25) is 4.79 Å². The summed E-state index contributed by atoms with van der Waals surface area (Å²) in [5.41, 5.74) is 3.56. The molecular formula is C19H25N3O4S. The number of hydrogen-bond donors (Lipinski definition) is 1. The van der Waals surface area contributed by atoms with E-state index in [-0.39, 0.29) is 16.9 Å². The van der Waals surface area contributed by atoms with Crippen LogP contribution in [0.15, 0.2) is 29.3 Å². The molecule has 1 aliphatic carbocycles. The number of ether oxygens (including phenoxy) is 1. The van der Waals surface area contributed by atoms with Crippen molar-refractivity contribution >= 4 is 16.0 Å². The number of carbonyl (C=O) groups is 1. The normalized spacial score (nSPS) is 18.0. The monoisotopic (exact) mass is 391 g/mol. The molecule has 8 heteroatoms. The van der Waals surface area contributed by atoms with Crippen LogP contribution in [0.1, 0.15) is 61.3 Å². The summed E-state index contributed by atoms with van der Waals surface area (Å²) in [4.78, 5) is 11.5. The predicted octanol–water partition coefficient (Wildman–Crippen LogP) is 2.94. The first-order chi connectivity index (χ1) is 12.7. The highest BCUT2D eigenvalue weighted by atomic mass is 32.2. The Morgan fingerprint density at radius 1 is 1.30 bits per heavy atom. The van der Waals surface area contributed by atoms with Crippen molar-refractivity contribution in [3.05, 3.63) is 46.8 Å². The second kappa shape index (κ2) is 7.44. The van der Waals surface area contributed by atoms with Crippen LogP contribution >= 0.6 is 0 Å². The quantitative estimate of drug-likeness (QED) is 0.792. The van der Waals surface area contributed by atoms with Crippen molar-refractivity contribution in [3.63, 3.8) is 0 Å². The third-order valence-corrected chi connectivity index (χ3v) is 6.15. The summed E-state index contributed by atoms with van der Waals surface area (Å²) in [5.74, 6) is -0.380. The van der Waals surface area contributed by atoms with E-state index in [4.69, 9.17) is 4.74 Å². The molecule has 0 bridgehead atoms. The molecule has 0 saturated carbocycles. The first-order valence-electron chi connectivity index (χ1n) is 9.01. The average molecular weight is 391 g/mol. The van der Waals surface area contributed by atoms with Crippen LogP contribution in [0.25, 0.3) is 0 Å². The maximum absolute atomic E-state index is 12.9. The average Bonchev–Trinajstić information content (AvgIpc) is 2.98. The number of aromatic nitrogens is 2. The fourth-order valence-corrected chi connectivity index (χ4v) is 5.09. The summed E-state index contributed by atoms with van der Waals surface area (Å²) in [5, 5.41) is 4.34. The van der Waals surface area contributed by atoms with Gasteiger partial charge in [-0.1, -0.05) is 6.07 Å². The van der Waals surface area contributed by atoms with Gasteiger partial charge < -0.3 is 4.74 Å². The minimum atomic E-state index is -3.65. The van der Waals surface area contributed by atoms with Crippen LogP contribution < -0.4 is 4.72 Å². The minimum Gasteiger partial charge on any atom is -0.440 e. The Labute approximate surface area is 159 Å². The highest BCUT2D eigenvalue weighted by Crippen LogP contribution is 2.32. The number of esters is 1. The summed E-state index contributed by atoms with van der Waals surface area (Å²) >= 11 is 0. The summed E-state index contributed by atoms with van der Waals surface area (Å²) in [6.07, 6.45) is 3.43. The Hall–Kier alpha value is -2.19. The summed E-state index contributed by atoms with van der Waals surface area (Å²) in [6.45, 7) is 6.86. The van der Waals surface area contributed by atoms with E-state index in [1.54, 1.807) is 29.9 Å². The Balaban J connectivity index is 1.88. The van der Waals surface area contributed by atoms with Gasteiger partial charge in [0.15, 0.2) is 6.23 Å². The van der Waals surface area contributed by atoms with Gasteiger partial charge in [0, 0.05) is 18.2 Å². The van der Waals surface area contributed by atoms with Gasteiger partial charge in [-0.05, 0) is 63.3 Å². The molecule has 2 unspecified atom stereocenters. The molecule has 7 nitrogen and oxygen atoms in total. The number of nitrogens with one attached hydrogen (secondary N) is 1. The number of nitrogens with zero attached hydrogens (tertiary/aromatic N) is 2. The highest BCUT2D eigenvalue weighted by Gasteiger charge is 2.30. The smallest absolute Gasteiger partial charge is 0.304 e. The second-order valence-electron chi connectivity index (χ2n) is 7.09. The zero-order valence-electron chi connectivity index (χ0n) is 16.0. The number of rotatable bonds is 5. The first-order valence-corrected chi connectivity index (χ1v) is 10.5. The van der Waals surface area contributed by atoms with E-state index in [0.717, 1.165) is 35.2 Å². The lowest BCUT2D eigenvalue weighted by Crippen LogP contribution is -2.31. The molecule has 1 N–H and O–H groups in total. The molecule has 2 aromatic rings. The van der Waals surface area contributed by atoms with Crippen LogP contribution in [0.5, 0.6) is 0 Å². The van der Waals surface area contributed by atoms with Gasteiger partial charge in [-0.25, -0.2) is 17.8 Å². The van der Waals surface area contributed by atoms with Gasteiger partial charge in [0.25, 0.3) is 0 Å². The molecule has 0 spiro atoms. The zero-order chi connectivity index (χ0) is 19.8. The van der Waals surface area contributed by atoms with E-state index in [2.05, 4.69) is 9.82 Å². The molecule has 1 aromatic heterocycles. The van der Waals surface area contributed by atoms with E-state index >= 15 is 0 Å². The van der Waals surface area contributed by atoms with Crippen molar-refractivity contribution in [1.82, 2.24) is 14.5 Å². The maximum Gasteiger partial charge on any atom is 0.304 e. The SMILES string of the molecule is CC(=O)OC(C)n1ncc2c1CCCC2NS(=O)(=O)c1cc(C)cc(C)c1. The molecule has 1 aliphatic rings. The molecule has 0 saturated heterocycles. The molecular weight excluding hydrogens is 366 g/mol. The third-order valence-electron chi connectivity index (χ3n) is 4.70. The number of hydrogen-bond acceptors (Lipinski definition) is 5. The fourth-order valence-electron chi connectivity index (χ4n) is 3.65. The van der Waals surface area contributed by atoms with Crippen molar-refractivity contribution in [2.75, 3.05) is 0 Å². The van der Waals surface area contributed by atoms with Crippen molar-refractivity contribution in [2.45, 2.75) is 64.1 Å². The van der Waals surface area contributed by atoms with Gasteiger partial charge >= 0.3 is 5.97 Å². The predicted molar refractivity (Wildman–Crippen MR) is 101 cm³/mol. The molecule has 27 heavy (non-hydrogen) atoms. The maximum atomic E-state index is 12.9. The molecule has 2 atom stereocenters. The molecule has 0 fully saturated rings. The fraction of sp³-hybridized carbons (Fsp3) is 0.474. The van der Waals surface area contributed by atoms with Crippen LogP contribution in [-0.2, 0) is 26.0 Å². The minimum absolute atomic E-state index is 0.271. The molecule has 146 valence electrons.